The number of thioether (sulfide) groups is 1. The first-order valence-corrected chi connectivity index (χ1v) is 17.2. The third-order valence-corrected chi connectivity index (χ3v) is 12.4. The Morgan fingerprint density at radius 3 is 2.37 bits per heavy atom. The summed E-state index contributed by atoms with van der Waals surface area (Å²) >= 11 is 2.87. The average Bonchev–Trinajstić information content (AvgIpc) is 3.80. The number of thiazole rings is 1. The van der Waals surface area contributed by atoms with Crippen molar-refractivity contribution in [3.8, 4) is 11.5 Å². The Kier molecular flexibility index (Phi) is 7.25. The van der Waals surface area contributed by atoms with Crippen LogP contribution in [-0.4, -0.2) is 41.2 Å². The molecule has 9 nitrogen and oxygen atoms in total. The Balaban J connectivity index is 1.11. The van der Waals surface area contributed by atoms with Crippen molar-refractivity contribution < 1.29 is 23.9 Å². The van der Waals surface area contributed by atoms with E-state index in [9.17, 15) is 19.2 Å². The number of aromatic amines is 1. The molecule has 0 spiro atoms. The number of hydrogen-bond acceptors (Lipinski definition) is 8. The molecule has 8 rings (SSSR count). The number of ether oxygens (including phenoxy) is 2. The fourth-order valence-corrected chi connectivity index (χ4v) is 11.1. The molecule has 3 heterocycles. The van der Waals surface area contributed by atoms with Crippen molar-refractivity contribution in [2.45, 2.75) is 29.5 Å². The second-order valence-corrected chi connectivity index (χ2v) is 14.4. The van der Waals surface area contributed by atoms with Gasteiger partial charge in [0.1, 0.15) is 0 Å². The second-order valence-electron chi connectivity index (χ2n) is 12.1. The summed E-state index contributed by atoms with van der Waals surface area (Å²) in [7, 11) is 0. The molecule has 3 amide bonds. The Labute approximate surface area is 273 Å². The van der Waals surface area contributed by atoms with Gasteiger partial charge in [0.2, 0.25) is 11.8 Å². The van der Waals surface area contributed by atoms with E-state index < -0.39 is 0 Å². The monoisotopic (exact) mass is 653 g/mol. The first-order chi connectivity index (χ1) is 22.4. The highest BCUT2D eigenvalue weighted by atomic mass is 32.2. The summed E-state index contributed by atoms with van der Waals surface area (Å²) in [5, 5.41) is 3.75. The van der Waals surface area contributed by atoms with E-state index in [0.717, 1.165) is 21.9 Å². The fourth-order valence-electron chi connectivity index (χ4n) is 8.19. The number of H-pyrrole nitrogens is 1. The molecule has 0 radical (unpaired) electrons. The minimum absolute atomic E-state index is 0.00108. The Hall–Kier alpha value is -4.35. The van der Waals surface area contributed by atoms with Crippen molar-refractivity contribution in [1.29, 1.82) is 0 Å². The topological polar surface area (TPSA) is 118 Å². The zero-order valence-electron chi connectivity index (χ0n) is 24.9. The van der Waals surface area contributed by atoms with Gasteiger partial charge in [0, 0.05) is 21.7 Å². The predicted molar refractivity (Wildman–Crippen MR) is 176 cm³/mol. The van der Waals surface area contributed by atoms with Crippen LogP contribution >= 0.6 is 23.1 Å². The van der Waals surface area contributed by atoms with Crippen molar-refractivity contribution in [3.63, 3.8) is 0 Å². The molecule has 1 aromatic heterocycles. The van der Waals surface area contributed by atoms with E-state index in [4.69, 9.17) is 9.47 Å². The average molecular weight is 654 g/mol. The normalized spacial score (nSPS) is 27.2. The van der Waals surface area contributed by atoms with Crippen LogP contribution in [0.25, 0.3) is 0 Å². The van der Waals surface area contributed by atoms with Gasteiger partial charge in [-0.15, -0.1) is 11.8 Å². The minimum Gasteiger partial charge on any atom is -0.490 e. The molecule has 4 aliphatic rings. The molecule has 2 bridgehead atoms. The number of benzene rings is 3. The Morgan fingerprint density at radius 2 is 1.63 bits per heavy atom. The molecular formula is C35H31N3O6S2. The Morgan fingerprint density at radius 1 is 0.913 bits per heavy atom. The van der Waals surface area contributed by atoms with Crippen LogP contribution in [0, 0.1) is 29.6 Å². The predicted octanol–water partition coefficient (Wildman–Crippen LogP) is 5.53. The second kappa shape index (κ2) is 11.5. The summed E-state index contributed by atoms with van der Waals surface area (Å²) in [5.41, 5.74) is 2.26. The highest BCUT2D eigenvalue weighted by Gasteiger charge is 2.69. The summed E-state index contributed by atoms with van der Waals surface area (Å²) in [6.07, 6.45) is 0.809. The van der Waals surface area contributed by atoms with Crippen LogP contribution in [0.5, 0.6) is 11.5 Å². The summed E-state index contributed by atoms with van der Waals surface area (Å²) in [6, 6.07) is 24.1. The summed E-state index contributed by atoms with van der Waals surface area (Å²) < 4.78 is 11.9. The van der Waals surface area contributed by atoms with Crippen LogP contribution < -0.4 is 24.6 Å². The standard InChI is InChI=1S/C35H31N3O6S2/c1-2-43-24-15-18(13-14-23(24)44-17-25(39)36-19-9-5-3-6-10-19)26-27-21-16-22(30(27)45-32-31(26)46-35(42)37-32)29-28(21)33(40)38(34(29)41)20-11-7-4-8-12-20/h3-15,21-22,26-30H,2,16-17H2,1H3,(H,36,39)(H,37,42)/t21-,22-,26-,27?,28?,29?,30?/m1/s1. The van der Waals surface area contributed by atoms with Gasteiger partial charge in [-0.1, -0.05) is 53.8 Å². The van der Waals surface area contributed by atoms with Gasteiger partial charge in [0.15, 0.2) is 18.1 Å². The third kappa shape index (κ3) is 4.67. The number of anilines is 2. The van der Waals surface area contributed by atoms with Crippen LogP contribution in [0.3, 0.4) is 0 Å². The first-order valence-electron chi connectivity index (χ1n) is 15.5. The molecule has 1 saturated heterocycles. The number of hydrogen-bond donors (Lipinski definition) is 2. The first kappa shape index (κ1) is 29.1. The summed E-state index contributed by atoms with van der Waals surface area (Å²) in [6.45, 7) is 2.09. The molecule has 46 heavy (non-hydrogen) atoms. The SMILES string of the molecule is CCOc1cc([C@H]2c3sc(=O)[nH]c3SC3C2[C@H]2C[C@@H]3C3C(=O)N(c4ccccc4)C(=O)C32)ccc1OCC(=O)Nc1ccccc1. The summed E-state index contributed by atoms with van der Waals surface area (Å²) in [4.78, 5) is 58.3. The molecule has 4 aromatic rings. The summed E-state index contributed by atoms with van der Waals surface area (Å²) in [5.74, 6) is -0.355. The van der Waals surface area contributed by atoms with Gasteiger partial charge in [-0.3, -0.25) is 24.1 Å². The van der Waals surface area contributed by atoms with Gasteiger partial charge in [-0.05, 0) is 73.1 Å². The van der Waals surface area contributed by atoms with E-state index in [2.05, 4.69) is 10.3 Å². The zero-order valence-corrected chi connectivity index (χ0v) is 26.5. The van der Waals surface area contributed by atoms with E-state index in [1.165, 1.54) is 16.2 Å². The highest BCUT2D eigenvalue weighted by Crippen LogP contribution is 2.68. The maximum atomic E-state index is 14.0. The van der Waals surface area contributed by atoms with E-state index in [1.807, 2.05) is 85.8 Å². The molecule has 3 aromatic carbocycles. The van der Waals surface area contributed by atoms with Crippen molar-refractivity contribution in [1.82, 2.24) is 4.98 Å². The lowest BCUT2D eigenvalue weighted by Crippen LogP contribution is -2.42. The molecule has 2 aliphatic heterocycles. The van der Waals surface area contributed by atoms with Gasteiger partial charge in [0.25, 0.3) is 5.91 Å². The number of amides is 3. The number of imide groups is 1. The quantitative estimate of drug-likeness (QED) is 0.240. The smallest absolute Gasteiger partial charge is 0.305 e. The maximum Gasteiger partial charge on any atom is 0.305 e. The number of rotatable bonds is 8. The number of nitrogens with zero attached hydrogens (tertiary/aromatic N) is 1. The molecule has 234 valence electrons. The lowest BCUT2D eigenvalue weighted by atomic mass is 9.68. The number of carbonyl (C=O) groups is 3. The van der Waals surface area contributed by atoms with Crippen molar-refractivity contribution >= 4 is 52.2 Å². The molecule has 2 saturated carbocycles. The van der Waals surface area contributed by atoms with Crippen LogP contribution in [0.1, 0.15) is 29.7 Å². The van der Waals surface area contributed by atoms with Crippen LogP contribution in [0.4, 0.5) is 11.4 Å². The lowest BCUT2D eigenvalue weighted by Gasteiger charge is -2.43. The van der Waals surface area contributed by atoms with Crippen molar-refractivity contribution in [2.24, 2.45) is 29.6 Å². The van der Waals surface area contributed by atoms with Gasteiger partial charge in [-0.2, -0.15) is 0 Å². The highest BCUT2D eigenvalue weighted by molar-refractivity contribution is 8.00. The minimum atomic E-state index is -0.378. The van der Waals surface area contributed by atoms with Gasteiger partial charge in [0.05, 0.1) is 29.2 Å². The van der Waals surface area contributed by atoms with Crippen molar-refractivity contribution in [3.05, 3.63) is 99.0 Å². The number of nitrogens with one attached hydrogen (secondary N) is 2. The Bertz CT molecular complexity index is 1890. The van der Waals surface area contributed by atoms with Gasteiger partial charge >= 0.3 is 4.87 Å². The lowest BCUT2D eigenvalue weighted by molar-refractivity contribution is -0.123. The van der Waals surface area contributed by atoms with Crippen LogP contribution in [0.15, 0.2) is 88.7 Å². The third-order valence-electron chi connectivity index (χ3n) is 9.78. The number of para-hydroxylation sites is 2. The molecule has 4 unspecified atom stereocenters. The molecule has 2 aliphatic carbocycles. The van der Waals surface area contributed by atoms with Crippen molar-refractivity contribution in [2.75, 3.05) is 23.4 Å². The largest absolute Gasteiger partial charge is 0.490 e. The number of carbonyl (C=O) groups excluding carboxylic acids is 3. The molecule has 11 heteroatoms. The van der Waals surface area contributed by atoms with E-state index in [0.29, 0.717) is 29.5 Å². The fraction of sp³-hybridized carbons (Fsp3) is 0.314. The van der Waals surface area contributed by atoms with Crippen LogP contribution in [-0.2, 0) is 14.4 Å². The van der Waals surface area contributed by atoms with Gasteiger partial charge in [-0.25, -0.2) is 0 Å². The van der Waals surface area contributed by atoms with E-state index in [1.54, 1.807) is 11.8 Å². The van der Waals surface area contributed by atoms with E-state index in [-0.39, 0.29) is 70.0 Å². The van der Waals surface area contributed by atoms with Gasteiger partial charge < -0.3 is 19.8 Å². The molecular weight excluding hydrogens is 623 g/mol. The molecule has 7 atom stereocenters. The van der Waals surface area contributed by atoms with Crippen LogP contribution in [0.2, 0.25) is 0 Å². The molecule has 3 fully saturated rings. The number of aromatic nitrogens is 1. The molecule has 2 N–H and O–H groups in total. The maximum absolute atomic E-state index is 14.0. The zero-order chi connectivity index (χ0) is 31.5. The van der Waals surface area contributed by atoms with E-state index >= 15 is 0 Å². The number of fused-ring (bicyclic) bond motifs is 9.